The van der Waals surface area contributed by atoms with Gasteiger partial charge in [-0.25, -0.2) is 0 Å². The van der Waals surface area contributed by atoms with Gasteiger partial charge in [0.1, 0.15) is 0 Å². The number of nitrogens with zero attached hydrogens (tertiary/aromatic N) is 1. The second-order valence-corrected chi connectivity index (χ2v) is 18.3. The van der Waals surface area contributed by atoms with E-state index in [0.717, 1.165) is 5.56 Å². The molecule has 1 saturated heterocycles. The van der Waals surface area contributed by atoms with Crippen LogP contribution in [0.5, 0.6) is 0 Å². The Balaban J connectivity index is 0.000000160. The average Bonchev–Trinajstić information content (AvgIpc) is 3.77. The third kappa shape index (κ3) is 13.8. The van der Waals surface area contributed by atoms with Crippen molar-refractivity contribution in [3.63, 3.8) is 0 Å². The predicted octanol–water partition coefficient (Wildman–Crippen LogP) is 10.4. The molecule has 0 unspecified atom stereocenters. The molecule has 0 N–H and O–H groups in total. The summed E-state index contributed by atoms with van der Waals surface area (Å²) in [6.07, 6.45) is 4.22. The van der Waals surface area contributed by atoms with Crippen LogP contribution in [0, 0.1) is 31.0 Å². The minimum absolute atomic E-state index is 0.111. The summed E-state index contributed by atoms with van der Waals surface area (Å²) in [6.45, 7) is 8.91. The summed E-state index contributed by atoms with van der Waals surface area (Å²) in [5.74, 6) is 6.54. The van der Waals surface area contributed by atoms with Gasteiger partial charge in [0.25, 0.3) is 0 Å². The molecule has 0 amide bonds. The van der Waals surface area contributed by atoms with E-state index in [0.29, 0.717) is 0 Å². The molecule has 1 aliphatic rings. The maximum Gasteiger partial charge on any atom is -0.0134 e. The van der Waals surface area contributed by atoms with E-state index in [-0.39, 0.29) is 12.4 Å². The van der Waals surface area contributed by atoms with Crippen molar-refractivity contribution in [2.45, 2.75) is 26.3 Å². The molecule has 3 radical (unpaired) electrons. The Bertz CT molecular complexity index is 1880. The van der Waals surface area contributed by atoms with Crippen LogP contribution in [-0.4, -0.2) is 17.2 Å². The molecule has 1 nitrogen and oxygen atoms in total. The summed E-state index contributed by atoms with van der Waals surface area (Å²) in [5.41, 5.74) is 1.18. The molecule has 0 bridgehead atoms. The molecule has 6 heteroatoms. The molecule has 8 rings (SSSR count). The van der Waals surface area contributed by atoms with Crippen molar-refractivity contribution in [3.05, 3.63) is 237 Å². The van der Waals surface area contributed by atoms with Gasteiger partial charge in [0.2, 0.25) is 0 Å². The third-order valence-electron chi connectivity index (χ3n) is 8.84. The molecule has 7 aromatic carbocycles. The second-order valence-electron chi connectivity index (χ2n) is 13.9. The molecule has 0 aromatic heterocycles. The molecule has 57 heavy (non-hydrogen) atoms. The number of halogens is 1. The van der Waals surface area contributed by atoms with E-state index in [2.05, 4.69) is 248 Å². The molecule has 1 heterocycles. The first kappa shape index (κ1) is 44.0. The van der Waals surface area contributed by atoms with Crippen LogP contribution in [-0.2, 0) is 17.3 Å². The minimum atomic E-state index is -0.446. The minimum Gasteiger partial charge on any atom is -0.0622 e. The van der Waals surface area contributed by atoms with Gasteiger partial charge in [0, 0.05) is 17.6 Å². The Hall–Kier alpha value is -4.10. The fraction of sp³-hybridized carbons (Fsp3) is 0.0784. The number of rotatable bonds is 6. The first-order chi connectivity index (χ1) is 28.0. The number of hydrogen-bond acceptors (Lipinski definition) is 1. The molecule has 283 valence electrons. The van der Waals surface area contributed by atoms with Crippen LogP contribution in [0.4, 0.5) is 0 Å². The Morgan fingerprint density at radius 1 is 0.439 bits per heavy atom. The van der Waals surface area contributed by atoms with Crippen molar-refractivity contribution >= 4 is 64.2 Å². The SMILES string of the molecule is CC(C)(C)N1[CH][CH][CH]B1C#Cc1ccccc1.[Cl][Ru+].c1ccc(P(c2ccccc2)c2ccccc2)cc1.c1ccc(P(c2ccccc2)c2ccccc2)cc1. The van der Waals surface area contributed by atoms with Gasteiger partial charge in [-0.2, -0.15) is 0 Å². The van der Waals surface area contributed by atoms with E-state index in [9.17, 15) is 0 Å². The molecule has 0 saturated carbocycles. The van der Waals surface area contributed by atoms with Crippen LogP contribution >= 0.6 is 25.5 Å². The Kier molecular flexibility index (Phi) is 18.5. The summed E-state index contributed by atoms with van der Waals surface area (Å²) in [4.78, 5) is 2.28. The maximum absolute atomic E-state index is 4.57. The smallest absolute Gasteiger partial charge is 0.0134 e. The fourth-order valence-electron chi connectivity index (χ4n) is 6.23. The van der Waals surface area contributed by atoms with E-state index < -0.39 is 15.8 Å². The fourth-order valence-corrected chi connectivity index (χ4v) is 10.8. The summed E-state index contributed by atoms with van der Waals surface area (Å²) < 4.78 is 0. The summed E-state index contributed by atoms with van der Waals surface area (Å²) >= 11 is 1.82. The Morgan fingerprint density at radius 2 is 0.702 bits per heavy atom. The molecule has 0 atom stereocenters. The molecular weight excluding hydrogens is 836 g/mol. The molecule has 0 aliphatic carbocycles. The van der Waals surface area contributed by atoms with Crippen LogP contribution < -0.4 is 31.8 Å². The van der Waals surface area contributed by atoms with E-state index in [1.165, 1.54) is 31.8 Å². The van der Waals surface area contributed by atoms with Crippen LogP contribution in [0.15, 0.2) is 212 Å². The first-order valence-corrected chi connectivity index (χ1v) is 23.8. The Morgan fingerprint density at radius 3 is 0.965 bits per heavy atom. The number of benzene rings is 7. The predicted molar refractivity (Wildman–Crippen MR) is 250 cm³/mol. The van der Waals surface area contributed by atoms with Gasteiger partial charge in [-0.3, -0.25) is 0 Å². The van der Waals surface area contributed by atoms with Crippen molar-refractivity contribution in [1.29, 1.82) is 0 Å². The van der Waals surface area contributed by atoms with Crippen LogP contribution in [0.1, 0.15) is 26.3 Å². The quantitative estimate of drug-likeness (QED) is 0.0914. The zero-order valence-corrected chi connectivity index (χ0v) is 36.9. The van der Waals surface area contributed by atoms with Gasteiger partial charge in [0.05, 0.1) is 0 Å². The summed E-state index contributed by atoms with van der Waals surface area (Å²) in [7, 11) is 3.68. The van der Waals surface area contributed by atoms with E-state index in [1.807, 2.05) is 47.6 Å². The molecule has 7 aromatic rings. The van der Waals surface area contributed by atoms with Crippen molar-refractivity contribution in [2.24, 2.45) is 0 Å². The maximum atomic E-state index is 4.57. The zero-order chi connectivity index (χ0) is 40.1. The van der Waals surface area contributed by atoms with E-state index >= 15 is 0 Å². The van der Waals surface area contributed by atoms with Gasteiger partial charge < -0.3 is 4.81 Å². The molecule has 0 spiro atoms. The Labute approximate surface area is 359 Å². The zero-order valence-electron chi connectivity index (χ0n) is 32.6. The van der Waals surface area contributed by atoms with Gasteiger partial charge >= 0.3 is 33.9 Å². The topological polar surface area (TPSA) is 3.24 Å². The molecular formula is C51H47BClNP2Ru+. The normalized spacial score (nSPS) is 12.2. The van der Waals surface area contributed by atoms with Crippen molar-refractivity contribution in [1.82, 2.24) is 4.81 Å². The van der Waals surface area contributed by atoms with Crippen molar-refractivity contribution < 1.29 is 17.3 Å². The second kappa shape index (κ2) is 24.0. The van der Waals surface area contributed by atoms with Gasteiger partial charge in [-0.1, -0.05) is 206 Å². The van der Waals surface area contributed by atoms with Gasteiger partial charge in [-0.15, -0.1) is 5.82 Å². The summed E-state index contributed by atoms with van der Waals surface area (Å²) in [5, 5.41) is 8.39. The van der Waals surface area contributed by atoms with Crippen molar-refractivity contribution in [3.8, 4) is 11.7 Å². The largest absolute Gasteiger partial charge is 0.0622 e. The molecule has 1 aliphatic heterocycles. The monoisotopic (exact) mass is 883 g/mol. The van der Waals surface area contributed by atoms with Crippen LogP contribution in [0.2, 0.25) is 0 Å². The van der Waals surface area contributed by atoms with Gasteiger partial charge in [-0.05, 0) is 93.3 Å². The third-order valence-corrected chi connectivity index (χ3v) is 13.7. The van der Waals surface area contributed by atoms with Crippen LogP contribution in [0.25, 0.3) is 0 Å². The van der Waals surface area contributed by atoms with E-state index in [1.54, 1.807) is 0 Å². The van der Waals surface area contributed by atoms with Crippen LogP contribution in [0.3, 0.4) is 0 Å². The van der Waals surface area contributed by atoms with E-state index in [4.69, 9.17) is 0 Å². The van der Waals surface area contributed by atoms with Gasteiger partial charge in [0.15, 0.2) is 0 Å². The summed E-state index contributed by atoms with van der Waals surface area (Å²) in [6, 6.07) is 74.8. The van der Waals surface area contributed by atoms with Crippen molar-refractivity contribution in [2.75, 3.05) is 0 Å². The first-order valence-electron chi connectivity index (χ1n) is 18.9. The standard InChI is InChI=1S/2C18H15P.C15H17BN.ClH.Ru/c2*1-4-10-16(11-5-1)19(17-12-6-2-7-13-17)18-14-8-3-9-15-18;1-15(2,3)17-13-7-11-16(17)12-10-14-8-5-4-6-9-14;;/h2*1-15H;4-9,11,13H,1-3H3;1H;/q;;;;+2/p-1. The number of hydrogen-bond donors (Lipinski definition) is 0. The molecule has 1 fully saturated rings. The average molecular weight is 883 g/mol.